The molecule has 15 heavy (non-hydrogen) atoms. The van der Waals surface area contributed by atoms with E-state index in [0.717, 1.165) is 12.8 Å². The van der Waals surface area contributed by atoms with Crippen molar-refractivity contribution in [3.63, 3.8) is 0 Å². The fourth-order valence-corrected chi connectivity index (χ4v) is 1.35. The molecular formula is C12H23NO2. The largest absolute Gasteiger partial charge is 0.463 e. The first kappa shape index (κ1) is 14.2. The Bertz CT molecular complexity index is 212. The first-order chi connectivity index (χ1) is 7.15. The number of carbonyl (C=O) groups excluding carboxylic acids is 1. The van der Waals surface area contributed by atoms with Crippen LogP contribution in [0.1, 0.15) is 40.0 Å². The van der Waals surface area contributed by atoms with Crippen LogP contribution in [0.3, 0.4) is 0 Å². The van der Waals surface area contributed by atoms with Gasteiger partial charge in [0, 0.05) is 11.6 Å². The van der Waals surface area contributed by atoms with E-state index in [1.165, 1.54) is 6.42 Å². The molecule has 0 bridgehead atoms. The van der Waals surface area contributed by atoms with Gasteiger partial charge in [-0.2, -0.15) is 0 Å². The van der Waals surface area contributed by atoms with E-state index in [1.54, 1.807) is 6.92 Å². The van der Waals surface area contributed by atoms with Crippen LogP contribution in [-0.4, -0.2) is 25.7 Å². The molecule has 0 unspecified atom stereocenters. The van der Waals surface area contributed by atoms with Crippen molar-refractivity contribution in [1.29, 1.82) is 0 Å². The number of hydrogen-bond donors (Lipinski definition) is 1. The van der Waals surface area contributed by atoms with Gasteiger partial charge in [-0.15, -0.1) is 0 Å². The molecule has 88 valence electrons. The summed E-state index contributed by atoms with van der Waals surface area (Å²) in [5, 5.41) is 3.18. The average molecular weight is 213 g/mol. The fourth-order valence-electron chi connectivity index (χ4n) is 1.35. The normalized spacial score (nSPS) is 13.7. The van der Waals surface area contributed by atoms with E-state index < -0.39 is 0 Å². The van der Waals surface area contributed by atoms with Crippen molar-refractivity contribution in [2.75, 3.05) is 13.7 Å². The van der Waals surface area contributed by atoms with Crippen molar-refractivity contribution >= 4 is 5.97 Å². The molecule has 0 saturated heterocycles. The molecular weight excluding hydrogens is 190 g/mol. The molecule has 0 spiro atoms. The molecule has 0 heterocycles. The highest BCUT2D eigenvalue weighted by Crippen LogP contribution is 2.06. The van der Waals surface area contributed by atoms with Gasteiger partial charge in [0.2, 0.25) is 0 Å². The van der Waals surface area contributed by atoms with E-state index in [0.29, 0.717) is 12.2 Å². The smallest absolute Gasteiger partial charge is 0.333 e. The van der Waals surface area contributed by atoms with Crippen LogP contribution in [0, 0.1) is 0 Å². The van der Waals surface area contributed by atoms with Crippen LogP contribution in [0.25, 0.3) is 0 Å². The molecule has 0 aliphatic heterocycles. The molecule has 0 aliphatic carbocycles. The molecule has 0 fully saturated rings. The predicted molar refractivity (Wildman–Crippen MR) is 62.8 cm³/mol. The van der Waals surface area contributed by atoms with Crippen molar-refractivity contribution in [2.24, 2.45) is 0 Å². The number of hydrogen-bond acceptors (Lipinski definition) is 3. The minimum atomic E-state index is -0.214. The highest BCUT2D eigenvalue weighted by Gasteiger charge is 2.08. The second-order valence-corrected chi connectivity index (χ2v) is 3.61. The monoisotopic (exact) mass is 213 g/mol. The molecule has 0 aromatic carbocycles. The van der Waals surface area contributed by atoms with Gasteiger partial charge in [-0.3, -0.25) is 0 Å². The van der Waals surface area contributed by atoms with Crippen molar-refractivity contribution in [3.05, 3.63) is 11.6 Å². The van der Waals surface area contributed by atoms with E-state index >= 15 is 0 Å². The summed E-state index contributed by atoms with van der Waals surface area (Å²) in [7, 11) is 1.91. The lowest BCUT2D eigenvalue weighted by Crippen LogP contribution is -2.24. The zero-order valence-corrected chi connectivity index (χ0v) is 10.3. The number of unbranched alkanes of at least 4 members (excludes halogenated alkanes) is 1. The number of likely N-dealkylation sites (N-methyl/N-ethyl adjacent to an activating group) is 1. The second-order valence-electron chi connectivity index (χ2n) is 3.61. The Morgan fingerprint density at radius 1 is 1.47 bits per heavy atom. The molecule has 0 aliphatic rings. The van der Waals surface area contributed by atoms with Gasteiger partial charge in [0.05, 0.1) is 6.61 Å². The minimum absolute atomic E-state index is 0.214. The van der Waals surface area contributed by atoms with Gasteiger partial charge in [-0.05, 0) is 27.3 Å². The summed E-state index contributed by atoms with van der Waals surface area (Å²) in [5.41, 5.74) is 0.687. The number of esters is 1. The van der Waals surface area contributed by atoms with Gasteiger partial charge in [-0.25, -0.2) is 4.79 Å². The summed E-state index contributed by atoms with van der Waals surface area (Å²) in [5.74, 6) is -0.214. The summed E-state index contributed by atoms with van der Waals surface area (Å²) in [6.45, 7) is 6.21. The predicted octanol–water partition coefficient (Wildman–Crippen LogP) is 2.27. The summed E-state index contributed by atoms with van der Waals surface area (Å²) in [4.78, 5) is 11.3. The first-order valence-electron chi connectivity index (χ1n) is 5.68. The fraction of sp³-hybridized carbons (Fsp3) is 0.750. The number of ether oxygens (including phenoxy) is 1. The van der Waals surface area contributed by atoms with Crippen molar-refractivity contribution in [3.8, 4) is 0 Å². The summed E-state index contributed by atoms with van der Waals surface area (Å²) in [6.07, 6.45) is 5.35. The molecule has 0 aromatic rings. The van der Waals surface area contributed by atoms with E-state index in [-0.39, 0.29) is 12.0 Å². The van der Waals surface area contributed by atoms with Gasteiger partial charge in [-0.1, -0.05) is 25.8 Å². The van der Waals surface area contributed by atoms with Gasteiger partial charge in [0.15, 0.2) is 0 Å². The molecule has 0 amide bonds. The topological polar surface area (TPSA) is 38.3 Å². The number of carbonyl (C=O) groups is 1. The third-order valence-corrected chi connectivity index (χ3v) is 2.29. The van der Waals surface area contributed by atoms with Crippen molar-refractivity contribution < 1.29 is 9.53 Å². The lowest BCUT2D eigenvalue weighted by molar-refractivity contribution is -0.138. The van der Waals surface area contributed by atoms with Gasteiger partial charge in [0.25, 0.3) is 0 Å². The quantitative estimate of drug-likeness (QED) is 0.521. The lowest BCUT2D eigenvalue weighted by atomic mass is 10.1. The SMILES string of the molecule is CCCC[C@@H](/C=C(\C)C(=O)OCC)NC. The van der Waals surface area contributed by atoms with Gasteiger partial charge < -0.3 is 10.1 Å². The molecule has 0 rings (SSSR count). The molecule has 3 nitrogen and oxygen atoms in total. The molecule has 0 radical (unpaired) electrons. The Labute approximate surface area is 92.9 Å². The summed E-state index contributed by atoms with van der Waals surface area (Å²) >= 11 is 0. The lowest BCUT2D eigenvalue weighted by Gasteiger charge is -2.12. The third-order valence-electron chi connectivity index (χ3n) is 2.29. The van der Waals surface area contributed by atoms with Crippen LogP contribution in [0.5, 0.6) is 0 Å². The number of nitrogens with one attached hydrogen (secondary N) is 1. The van der Waals surface area contributed by atoms with E-state index in [4.69, 9.17) is 4.74 Å². The third kappa shape index (κ3) is 6.28. The van der Waals surface area contributed by atoms with Crippen LogP contribution in [0.15, 0.2) is 11.6 Å². The maximum absolute atomic E-state index is 11.3. The summed E-state index contributed by atoms with van der Waals surface area (Å²) < 4.78 is 4.92. The van der Waals surface area contributed by atoms with E-state index in [2.05, 4.69) is 12.2 Å². The standard InChI is InChI=1S/C12H23NO2/c1-5-7-8-11(13-4)9-10(3)12(14)15-6-2/h9,11,13H,5-8H2,1-4H3/b10-9+/t11-/m0/s1. The van der Waals surface area contributed by atoms with Crippen molar-refractivity contribution in [2.45, 2.75) is 46.1 Å². The second kappa shape index (κ2) is 8.48. The molecule has 3 heteroatoms. The van der Waals surface area contributed by atoms with E-state index in [1.807, 2.05) is 20.0 Å². The Balaban J connectivity index is 4.20. The summed E-state index contributed by atoms with van der Waals surface area (Å²) in [6, 6.07) is 0.273. The van der Waals surface area contributed by atoms with E-state index in [9.17, 15) is 4.79 Å². The van der Waals surface area contributed by atoms with Gasteiger partial charge in [0.1, 0.15) is 0 Å². The minimum Gasteiger partial charge on any atom is -0.463 e. The van der Waals surface area contributed by atoms with Crippen LogP contribution in [0.4, 0.5) is 0 Å². The van der Waals surface area contributed by atoms with Gasteiger partial charge >= 0.3 is 5.97 Å². The Kier molecular flexibility index (Phi) is 8.01. The maximum Gasteiger partial charge on any atom is 0.333 e. The Morgan fingerprint density at radius 2 is 2.13 bits per heavy atom. The van der Waals surface area contributed by atoms with Crippen LogP contribution < -0.4 is 5.32 Å². The van der Waals surface area contributed by atoms with Crippen LogP contribution in [-0.2, 0) is 9.53 Å². The molecule has 1 atom stereocenters. The maximum atomic E-state index is 11.3. The van der Waals surface area contributed by atoms with Crippen LogP contribution >= 0.6 is 0 Å². The highest BCUT2D eigenvalue weighted by molar-refractivity contribution is 5.87. The van der Waals surface area contributed by atoms with Crippen molar-refractivity contribution in [1.82, 2.24) is 5.32 Å². The molecule has 1 N–H and O–H groups in total. The Hall–Kier alpha value is -0.830. The molecule has 0 saturated carbocycles. The molecule has 0 aromatic heterocycles. The average Bonchev–Trinajstić information content (AvgIpc) is 2.24. The zero-order chi connectivity index (χ0) is 11.7. The Morgan fingerprint density at radius 3 is 2.60 bits per heavy atom. The zero-order valence-electron chi connectivity index (χ0n) is 10.3. The number of rotatable bonds is 7. The first-order valence-corrected chi connectivity index (χ1v) is 5.68. The highest BCUT2D eigenvalue weighted by atomic mass is 16.5. The van der Waals surface area contributed by atoms with Crippen LogP contribution in [0.2, 0.25) is 0 Å².